The van der Waals surface area contributed by atoms with E-state index in [-0.39, 0.29) is 0 Å². The predicted molar refractivity (Wildman–Crippen MR) is 77.7 cm³/mol. The number of rotatable bonds is 4. The van der Waals surface area contributed by atoms with Gasteiger partial charge in [-0.3, -0.25) is 0 Å². The summed E-state index contributed by atoms with van der Waals surface area (Å²) < 4.78 is 0. The van der Waals surface area contributed by atoms with Crippen molar-refractivity contribution < 1.29 is 0 Å². The molecule has 0 bridgehead atoms. The van der Waals surface area contributed by atoms with E-state index in [1.807, 2.05) is 0 Å². The molecule has 0 atom stereocenters. The van der Waals surface area contributed by atoms with Crippen LogP contribution in [0.15, 0.2) is 24.3 Å². The summed E-state index contributed by atoms with van der Waals surface area (Å²) >= 11 is 0. The maximum absolute atomic E-state index is 5.96. The number of nitrogens with two attached hydrogens (primary N) is 1. The van der Waals surface area contributed by atoms with Crippen LogP contribution in [0, 0.1) is 6.92 Å². The minimum atomic E-state index is 0.450. The van der Waals surface area contributed by atoms with Crippen LogP contribution in [0.1, 0.15) is 36.8 Å². The van der Waals surface area contributed by atoms with Gasteiger partial charge in [-0.15, -0.1) is 0 Å². The summed E-state index contributed by atoms with van der Waals surface area (Å²) in [5, 5.41) is 0. The molecule has 1 aliphatic carbocycles. The molecule has 0 heterocycles. The Balaban J connectivity index is 1.81. The van der Waals surface area contributed by atoms with Crippen molar-refractivity contribution in [2.75, 3.05) is 13.6 Å². The Labute approximate surface area is 111 Å². The molecule has 2 rings (SSSR count). The van der Waals surface area contributed by atoms with Crippen molar-refractivity contribution in [3.63, 3.8) is 0 Å². The van der Waals surface area contributed by atoms with Gasteiger partial charge in [-0.05, 0) is 57.2 Å². The minimum absolute atomic E-state index is 0.450. The molecule has 2 nitrogen and oxygen atoms in total. The number of nitrogens with zero attached hydrogens (tertiary/aromatic N) is 1. The second-order valence-corrected chi connectivity index (χ2v) is 5.73. The van der Waals surface area contributed by atoms with Crippen molar-refractivity contribution in [1.29, 1.82) is 0 Å². The number of hydrogen-bond donors (Lipinski definition) is 1. The molecule has 0 radical (unpaired) electrons. The maximum Gasteiger partial charge on any atom is 0.00934 e. The number of benzene rings is 1. The first-order valence-corrected chi connectivity index (χ1v) is 7.17. The maximum atomic E-state index is 5.96. The molecule has 0 spiro atoms. The first-order valence-electron chi connectivity index (χ1n) is 7.17. The van der Waals surface area contributed by atoms with Crippen molar-refractivity contribution in [2.24, 2.45) is 5.73 Å². The zero-order chi connectivity index (χ0) is 13.0. The highest BCUT2D eigenvalue weighted by Gasteiger charge is 2.21. The van der Waals surface area contributed by atoms with Gasteiger partial charge >= 0.3 is 0 Å². The van der Waals surface area contributed by atoms with Crippen molar-refractivity contribution in [3.8, 4) is 0 Å². The minimum Gasteiger partial charge on any atom is -0.328 e. The Hall–Kier alpha value is -0.860. The lowest BCUT2D eigenvalue weighted by atomic mass is 9.91. The fourth-order valence-corrected chi connectivity index (χ4v) is 2.91. The largest absolute Gasteiger partial charge is 0.328 e. The van der Waals surface area contributed by atoms with Crippen LogP contribution in [-0.2, 0) is 6.42 Å². The summed E-state index contributed by atoms with van der Waals surface area (Å²) in [7, 11) is 2.26. The Morgan fingerprint density at radius 3 is 2.50 bits per heavy atom. The van der Waals surface area contributed by atoms with E-state index in [1.54, 1.807) is 0 Å². The lowest BCUT2D eigenvalue weighted by Crippen LogP contribution is -2.39. The van der Waals surface area contributed by atoms with Crippen LogP contribution in [-0.4, -0.2) is 30.6 Å². The van der Waals surface area contributed by atoms with Gasteiger partial charge < -0.3 is 10.6 Å². The topological polar surface area (TPSA) is 29.3 Å². The van der Waals surface area contributed by atoms with E-state index in [9.17, 15) is 0 Å². The van der Waals surface area contributed by atoms with E-state index in [0.29, 0.717) is 6.04 Å². The number of hydrogen-bond acceptors (Lipinski definition) is 2. The quantitative estimate of drug-likeness (QED) is 0.885. The fraction of sp³-hybridized carbons (Fsp3) is 0.625. The fourth-order valence-electron chi connectivity index (χ4n) is 2.91. The smallest absolute Gasteiger partial charge is 0.00934 e. The molecule has 0 unspecified atom stereocenters. The molecule has 0 amide bonds. The van der Waals surface area contributed by atoms with Gasteiger partial charge in [-0.25, -0.2) is 0 Å². The second-order valence-electron chi connectivity index (χ2n) is 5.73. The molecule has 0 aromatic heterocycles. The van der Waals surface area contributed by atoms with Crippen molar-refractivity contribution >= 4 is 0 Å². The van der Waals surface area contributed by atoms with Crippen LogP contribution >= 0.6 is 0 Å². The average Bonchev–Trinajstić information content (AvgIpc) is 2.38. The van der Waals surface area contributed by atoms with Crippen molar-refractivity contribution in [2.45, 2.75) is 51.1 Å². The molecule has 1 aromatic carbocycles. The van der Waals surface area contributed by atoms with Crippen LogP contribution < -0.4 is 5.73 Å². The van der Waals surface area contributed by atoms with E-state index in [0.717, 1.165) is 19.0 Å². The van der Waals surface area contributed by atoms with Crippen LogP contribution in [0.4, 0.5) is 0 Å². The standard InChI is InChI=1S/C16H26N2/c1-13-5-3-4-6-14(13)11-12-18(2)16-9-7-15(17)8-10-16/h3-6,15-16H,7-12,17H2,1-2H3. The van der Waals surface area contributed by atoms with Gasteiger partial charge in [-0.2, -0.15) is 0 Å². The Morgan fingerprint density at radius 2 is 1.83 bits per heavy atom. The van der Waals surface area contributed by atoms with E-state index < -0.39 is 0 Å². The number of aryl methyl sites for hydroxylation is 1. The summed E-state index contributed by atoms with van der Waals surface area (Å²) in [6.45, 7) is 3.36. The first kappa shape index (κ1) is 13.6. The molecule has 1 saturated carbocycles. The molecule has 1 aliphatic rings. The van der Waals surface area contributed by atoms with E-state index >= 15 is 0 Å². The normalized spacial score (nSPS) is 24.4. The SMILES string of the molecule is Cc1ccccc1CCN(C)C1CCC(N)CC1. The molecule has 0 saturated heterocycles. The lowest BCUT2D eigenvalue weighted by molar-refractivity contribution is 0.185. The molecule has 1 aromatic rings. The van der Waals surface area contributed by atoms with Crippen molar-refractivity contribution in [1.82, 2.24) is 4.90 Å². The Bertz CT molecular complexity index is 367. The zero-order valence-electron chi connectivity index (χ0n) is 11.7. The third-order valence-electron chi connectivity index (χ3n) is 4.36. The van der Waals surface area contributed by atoms with Crippen molar-refractivity contribution in [3.05, 3.63) is 35.4 Å². The number of likely N-dealkylation sites (N-methyl/N-ethyl adjacent to an activating group) is 1. The first-order chi connectivity index (χ1) is 8.66. The van der Waals surface area contributed by atoms with Gasteiger partial charge in [-0.1, -0.05) is 24.3 Å². The zero-order valence-corrected chi connectivity index (χ0v) is 11.7. The van der Waals surface area contributed by atoms with Crippen LogP contribution in [0.3, 0.4) is 0 Å². The van der Waals surface area contributed by atoms with Gasteiger partial charge in [0.15, 0.2) is 0 Å². The summed E-state index contributed by atoms with van der Waals surface area (Å²) in [6.07, 6.45) is 6.08. The molecule has 18 heavy (non-hydrogen) atoms. The van der Waals surface area contributed by atoms with Gasteiger partial charge in [0.2, 0.25) is 0 Å². The van der Waals surface area contributed by atoms with E-state index in [2.05, 4.69) is 43.1 Å². The highest BCUT2D eigenvalue weighted by molar-refractivity contribution is 5.25. The summed E-state index contributed by atoms with van der Waals surface area (Å²) in [4.78, 5) is 2.53. The Morgan fingerprint density at radius 1 is 1.17 bits per heavy atom. The third kappa shape index (κ3) is 3.56. The average molecular weight is 246 g/mol. The molecule has 0 aliphatic heterocycles. The third-order valence-corrected chi connectivity index (χ3v) is 4.36. The summed E-state index contributed by atoms with van der Waals surface area (Å²) in [6, 6.07) is 9.90. The molecule has 2 heteroatoms. The van der Waals surface area contributed by atoms with Crippen LogP contribution in [0.25, 0.3) is 0 Å². The molecule has 2 N–H and O–H groups in total. The lowest BCUT2D eigenvalue weighted by Gasteiger charge is -2.33. The summed E-state index contributed by atoms with van der Waals surface area (Å²) in [5.41, 5.74) is 8.86. The monoisotopic (exact) mass is 246 g/mol. The van der Waals surface area contributed by atoms with Crippen LogP contribution in [0.2, 0.25) is 0 Å². The second kappa shape index (κ2) is 6.35. The highest BCUT2D eigenvalue weighted by atomic mass is 15.1. The highest BCUT2D eigenvalue weighted by Crippen LogP contribution is 2.21. The van der Waals surface area contributed by atoms with Crippen LogP contribution in [0.5, 0.6) is 0 Å². The van der Waals surface area contributed by atoms with E-state index in [1.165, 1.54) is 36.8 Å². The molecular formula is C16H26N2. The Kier molecular flexibility index (Phi) is 4.79. The molecular weight excluding hydrogens is 220 g/mol. The molecule has 1 fully saturated rings. The van der Waals surface area contributed by atoms with Gasteiger partial charge in [0, 0.05) is 18.6 Å². The van der Waals surface area contributed by atoms with Gasteiger partial charge in [0.25, 0.3) is 0 Å². The van der Waals surface area contributed by atoms with Gasteiger partial charge in [0.1, 0.15) is 0 Å². The summed E-state index contributed by atoms with van der Waals surface area (Å²) in [5.74, 6) is 0. The predicted octanol–water partition coefficient (Wildman–Crippen LogP) is 2.74. The van der Waals surface area contributed by atoms with Gasteiger partial charge in [0.05, 0.1) is 0 Å². The molecule has 100 valence electrons. The van der Waals surface area contributed by atoms with E-state index in [4.69, 9.17) is 5.73 Å².